The molecule has 0 aliphatic carbocycles. The average molecular weight is 399 g/mol. The lowest BCUT2D eigenvalue weighted by Crippen LogP contribution is -2.44. The van der Waals surface area contributed by atoms with Crippen molar-refractivity contribution in [1.29, 1.82) is 0 Å². The van der Waals surface area contributed by atoms with Gasteiger partial charge in [-0.2, -0.15) is 0 Å². The predicted molar refractivity (Wildman–Crippen MR) is 113 cm³/mol. The van der Waals surface area contributed by atoms with Crippen molar-refractivity contribution in [2.24, 2.45) is 0 Å². The van der Waals surface area contributed by atoms with E-state index in [1.54, 1.807) is 12.1 Å². The van der Waals surface area contributed by atoms with Crippen molar-refractivity contribution >= 4 is 38.3 Å². The van der Waals surface area contributed by atoms with Crippen LogP contribution in [0, 0.1) is 5.82 Å². The summed E-state index contributed by atoms with van der Waals surface area (Å²) in [6.07, 6.45) is 0. The van der Waals surface area contributed by atoms with Gasteiger partial charge in [-0.15, -0.1) is 0 Å². The van der Waals surface area contributed by atoms with Crippen LogP contribution in [-0.4, -0.2) is 37.1 Å². The number of hydrogen-bond donors (Lipinski definition) is 2. The van der Waals surface area contributed by atoms with E-state index >= 15 is 0 Å². The van der Waals surface area contributed by atoms with E-state index in [0.717, 1.165) is 53.2 Å². The number of halogens is 1. The molecule has 1 fully saturated rings. The zero-order chi connectivity index (χ0) is 19.7. The summed E-state index contributed by atoms with van der Waals surface area (Å²) in [5.41, 5.74) is 4.05. The number of benzene rings is 2. The van der Waals surface area contributed by atoms with E-state index in [1.165, 1.54) is 24.3 Å². The molecule has 7 heteroatoms. The monoisotopic (exact) mass is 398 g/mol. The smallest absolute Gasteiger partial charge is 0.223 e. The Morgan fingerprint density at radius 1 is 1.29 bits per heavy atom. The molecule has 5 nitrogen and oxygen atoms in total. The second-order valence-corrected chi connectivity index (χ2v) is 8.09. The quantitative estimate of drug-likeness (QED) is 0.699. The number of piperazine rings is 1. The second-order valence-electron chi connectivity index (χ2n) is 7.06. The molecule has 28 heavy (non-hydrogen) atoms. The molecule has 0 saturated carbocycles. The minimum atomic E-state index is -0.226. The molecule has 2 aromatic carbocycles. The molecule has 1 unspecified atom stereocenters. The highest BCUT2D eigenvalue weighted by Crippen LogP contribution is 2.40. The third-order valence-electron chi connectivity index (χ3n) is 5.10. The van der Waals surface area contributed by atoms with E-state index in [1.807, 2.05) is 6.07 Å². The summed E-state index contributed by atoms with van der Waals surface area (Å²) in [6.45, 7) is 7.17. The van der Waals surface area contributed by atoms with Crippen molar-refractivity contribution in [1.82, 2.24) is 10.3 Å². The van der Waals surface area contributed by atoms with Crippen LogP contribution >= 0.6 is 11.3 Å². The first-order valence-corrected chi connectivity index (χ1v) is 10.3. The molecule has 0 bridgehead atoms. The maximum absolute atomic E-state index is 13.8. The van der Waals surface area contributed by atoms with Crippen LogP contribution in [0.5, 0.6) is 0 Å². The molecule has 2 heterocycles. The molecule has 1 amide bonds. The van der Waals surface area contributed by atoms with Gasteiger partial charge in [0.1, 0.15) is 11.3 Å². The van der Waals surface area contributed by atoms with Crippen molar-refractivity contribution in [2.45, 2.75) is 19.8 Å². The van der Waals surface area contributed by atoms with Crippen LogP contribution in [0.1, 0.15) is 30.9 Å². The Kier molecular flexibility index (Phi) is 5.28. The molecular formula is C21H23FN4OS. The van der Waals surface area contributed by atoms with E-state index in [9.17, 15) is 9.18 Å². The summed E-state index contributed by atoms with van der Waals surface area (Å²) < 4.78 is 14.8. The van der Waals surface area contributed by atoms with Crippen molar-refractivity contribution in [2.75, 3.05) is 36.4 Å². The molecule has 0 radical (unpaired) electrons. The van der Waals surface area contributed by atoms with E-state index in [-0.39, 0.29) is 17.6 Å². The van der Waals surface area contributed by atoms with Gasteiger partial charge in [-0.05, 0) is 29.3 Å². The number of thiazole rings is 1. The van der Waals surface area contributed by atoms with Crippen LogP contribution in [0.25, 0.3) is 10.2 Å². The lowest BCUT2D eigenvalue weighted by Gasteiger charge is -2.32. The minimum absolute atomic E-state index is 0.0240. The Morgan fingerprint density at radius 3 is 2.79 bits per heavy atom. The maximum Gasteiger partial charge on any atom is 0.223 e. The van der Waals surface area contributed by atoms with Crippen molar-refractivity contribution in [3.05, 3.63) is 53.3 Å². The Labute approximate surface area is 167 Å². The molecule has 2 N–H and O–H groups in total. The Hall–Kier alpha value is -2.51. The number of nitrogens with one attached hydrogen (secondary N) is 2. The molecule has 1 atom stereocenters. The van der Waals surface area contributed by atoms with E-state index in [4.69, 9.17) is 4.98 Å². The van der Waals surface area contributed by atoms with E-state index in [2.05, 4.69) is 34.6 Å². The van der Waals surface area contributed by atoms with Gasteiger partial charge in [0.25, 0.3) is 0 Å². The van der Waals surface area contributed by atoms with Crippen molar-refractivity contribution < 1.29 is 9.18 Å². The molecule has 4 rings (SSSR count). The van der Waals surface area contributed by atoms with Crippen LogP contribution in [0.3, 0.4) is 0 Å². The first kappa shape index (κ1) is 18.8. The average Bonchev–Trinajstić information content (AvgIpc) is 3.09. The van der Waals surface area contributed by atoms with Crippen LogP contribution in [0.15, 0.2) is 36.4 Å². The van der Waals surface area contributed by atoms with Gasteiger partial charge in [0.2, 0.25) is 5.91 Å². The molecule has 3 aromatic rings. The standard InChI is InChI=1S/C21H23FN4OS/c1-13(15-4-3-5-16(22)12-15)17-6-7-18-19(25-21(28-18)24-14(2)27)20(17)26-10-8-23-9-11-26/h3-7,12-13,23H,8-11H2,1-2H3,(H,24,25,27). The maximum atomic E-state index is 13.8. The Morgan fingerprint density at radius 2 is 2.07 bits per heavy atom. The van der Waals surface area contributed by atoms with Crippen LogP contribution in [-0.2, 0) is 4.79 Å². The van der Waals surface area contributed by atoms with Gasteiger partial charge in [-0.3, -0.25) is 4.79 Å². The van der Waals surface area contributed by atoms with Gasteiger partial charge in [0, 0.05) is 39.0 Å². The number of carbonyl (C=O) groups is 1. The first-order chi connectivity index (χ1) is 13.5. The molecule has 146 valence electrons. The number of fused-ring (bicyclic) bond motifs is 1. The highest BCUT2D eigenvalue weighted by atomic mass is 32.1. The first-order valence-electron chi connectivity index (χ1n) is 9.45. The van der Waals surface area contributed by atoms with Crippen LogP contribution in [0.2, 0.25) is 0 Å². The van der Waals surface area contributed by atoms with E-state index in [0.29, 0.717) is 5.13 Å². The van der Waals surface area contributed by atoms with Crippen molar-refractivity contribution in [3.8, 4) is 0 Å². The summed E-state index contributed by atoms with van der Waals surface area (Å²) in [5.74, 6) is -0.331. The predicted octanol–water partition coefficient (Wildman–Crippen LogP) is 3.96. The lowest BCUT2D eigenvalue weighted by molar-refractivity contribution is -0.114. The summed E-state index contributed by atoms with van der Waals surface area (Å²) in [4.78, 5) is 18.6. The molecule has 0 spiro atoms. The molecule has 1 aliphatic heterocycles. The summed E-state index contributed by atoms with van der Waals surface area (Å²) >= 11 is 1.48. The van der Waals surface area contributed by atoms with Gasteiger partial charge in [0.15, 0.2) is 5.13 Å². The summed E-state index contributed by atoms with van der Waals surface area (Å²) in [7, 11) is 0. The van der Waals surface area contributed by atoms with Gasteiger partial charge in [-0.25, -0.2) is 9.37 Å². The fraction of sp³-hybridized carbons (Fsp3) is 0.333. The number of carbonyl (C=O) groups excluding carboxylic acids is 1. The fourth-order valence-corrected chi connectivity index (χ4v) is 4.64. The number of rotatable bonds is 4. The number of amides is 1. The Balaban J connectivity index is 1.85. The number of anilines is 2. The number of nitrogens with zero attached hydrogens (tertiary/aromatic N) is 2. The van der Waals surface area contributed by atoms with E-state index < -0.39 is 0 Å². The second kappa shape index (κ2) is 7.85. The molecule has 1 aromatic heterocycles. The number of aromatic nitrogens is 1. The van der Waals surface area contributed by atoms with Gasteiger partial charge < -0.3 is 15.5 Å². The zero-order valence-corrected chi connectivity index (χ0v) is 16.8. The summed E-state index contributed by atoms with van der Waals surface area (Å²) in [6, 6.07) is 10.9. The topological polar surface area (TPSA) is 57.3 Å². The number of hydrogen-bond acceptors (Lipinski definition) is 5. The lowest BCUT2D eigenvalue weighted by atomic mass is 9.91. The highest BCUT2D eigenvalue weighted by molar-refractivity contribution is 7.22. The largest absolute Gasteiger partial charge is 0.367 e. The normalized spacial score (nSPS) is 15.6. The van der Waals surface area contributed by atoms with Crippen molar-refractivity contribution in [3.63, 3.8) is 0 Å². The fourth-order valence-electron chi connectivity index (χ4n) is 3.73. The molecular weight excluding hydrogens is 375 g/mol. The van der Waals surface area contributed by atoms with Gasteiger partial charge >= 0.3 is 0 Å². The molecule has 1 aliphatic rings. The Bertz CT molecular complexity index is 1010. The molecule has 1 saturated heterocycles. The highest BCUT2D eigenvalue weighted by Gasteiger charge is 2.23. The van der Waals surface area contributed by atoms with Gasteiger partial charge in [0.05, 0.1) is 10.4 Å². The SMILES string of the molecule is CC(=O)Nc1nc2c(N3CCNCC3)c(C(C)c3cccc(F)c3)ccc2s1. The minimum Gasteiger partial charge on any atom is -0.367 e. The van der Waals surface area contributed by atoms with Crippen LogP contribution in [0.4, 0.5) is 15.2 Å². The summed E-state index contributed by atoms with van der Waals surface area (Å²) in [5, 5.41) is 6.79. The zero-order valence-electron chi connectivity index (χ0n) is 16.0. The van der Waals surface area contributed by atoms with Crippen LogP contribution < -0.4 is 15.5 Å². The van der Waals surface area contributed by atoms with Gasteiger partial charge in [-0.1, -0.05) is 36.5 Å². The third kappa shape index (κ3) is 3.72. The third-order valence-corrected chi connectivity index (χ3v) is 6.03.